The lowest BCUT2D eigenvalue weighted by Gasteiger charge is -2.27. The van der Waals surface area contributed by atoms with Gasteiger partial charge in [0.15, 0.2) is 11.5 Å². The van der Waals surface area contributed by atoms with Gasteiger partial charge in [0, 0.05) is 6.54 Å². The molecule has 1 atom stereocenters. The minimum Gasteiger partial charge on any atom is -0.507 e. The molecule has 2 N–H and O–H groups in total. The molecule has 0 radical (unpaired) electrons. The van der Waals surface area contributed by atoms with Crippen LogP contribution in [0.25, 0.3) is 5.76 Å². The Morgan fingerprint density at radius 2 is 1.78 bits per heavy atom. The summed E-state index contributed by atoms with van der Waals surface area (Å²) in [6.45, 7) is 11.2. The first-order chi connectivity index (χ1) is 17.3. The van der Waals surface area contributed by atoms with Crippen LogP contribution in [-0.2, 0) is 9.59 Å². The monoisotopic (exact) mass is 496 g/mol. The highest BCUT2D eigenvalue weighted by atomic mass is 16.5. The minimum absolute atomic E-state index is 0.0602. The number of nitrogens with zero attached hydrogens (tertiary/aromatic N) is 2. The largest absolute Gasteiger partial charge is 0.507 e. The summed E-state index contributed by atoms with van der Waals surface area (Å²) >= 11 is 0. The van der Waals surface area contributed by atoms with E-state index in [0.29, 0.717) is 36.6 Å². The first-order valence-electron chi connectivity index (χ1n) is 12.4. The average Bonchev–Trinajstić information content (AvgIpc) is 3.13. The lowest BCUT2D eigenvalue weighted by Crippen LogP contribution is -2.33. The van der Waals surface area contributed by atoms with E-state index in [1.54, 1.807) is 30.3 Å². The van der Waals surface area contributed by atoms with Gasteiger partial charge in [-0.1, -0.05) is 31.5 Å². The second-order valence-corrected chi connectivity index (χ2v) is 8.74. The van der Waals surface area contributed by atoms with Gasteiger partial charge in [-0.05, 0) is 69.7 Å². The molecule has 0 unspecified atom stereocenters. The van der Waals surface area contributed by atoms with E-state index in [-0.39, 0.29) is 16.9 Å². The van der Waals surface area contributed by atoms with Gasteiger partial charge in [-0.2, -0.15) is 0 Å². The number of Topliss-reactive ketones (excluding diaryl/α,β-unsaturated/α-hetero) is 1. The summed E-state index contributed by atoms with van der Waals surface area (Å²) in [6.07, 6.45) is 0.662. The number of aliphatic hydroxyl groups is 1. The molecule has 194 valence electrons. The molecule has 36 heavy (non-hydrogen) atoms. The maximum Gasteiger partial charge on any atom is 0.295 e. The number of aromatic hydroxyl groups is 1. The number of likely N-dealkylation sites (tertiary alicyclic amines) is 1. The summed E-state index contributed by atoms with van der Waals surface area (Å²) in [5.74, 6) is -1.04. The van der Waals surface area contributed by atoms with Gasteiger partial charge in [-0.3, -0.25) is 9.59 Å². The van der Waals surface area contributed by atoms with Crippen LogP contribution in [0.1, 0.15) is 49.9 Å². The summed E-state index contributed by atoms with van der Waals surface area (Å²) in [5, 5.41) is 21.7. The number of phenols is 1. The molecule has 2 aromatic rings. The average molecular weight is 497 g/mol. The van der Waals surface area contributed by atoms with E-state index in [0.717, 1.165) is 25.2 Å². The van der Waals surface area contributed by atoms with Crippen LogP contribution < -0.4 is 9.47 Å². The molecule has 0 bridgehead atoms. The van der Waals surface area contributed by atoms with Crippen LogP contribution in [0.5, 0.6) is 17.2 Å². The Hall–Kier alpha value is -3.52. The Balaban J connectivity index is 2.13. The molecular formula is C28H36N2O6. The number of benzene rings is 2. The Kier molecular flexibility index (Phi) is 8.98. The van der Waals surface area contributed by atoms with Gasteiger partial charge in [0.25, 0.3) is 11.7 Å². The number of methoxy groups -OCH3 is 1. The second kappa shape index (κ2) is 11.9. The number of hydrogen-bond acceptors (Lipinski definition) is 7. The van der Waals surface area contributed by atoms with Crippen molar-refractivity contribution >= 4 is 17.4 Å². The first kappa shape index (κ1) is 27.1. The van der Waals surface area contributed by atoms with Gasteiger partial charge in [0.05, 0.1) is 30.9 Å². The topological polar surface area (TPSA) is 99.5 Å². The standard InChI is InChI=1S/C28H36N2O6/c1-6-29(7-2)14-9-15-30-25(19-11-13-22(36-8-3)23(17-19)35-5)24(27(33)28(30)34)26(32)20-16-18(4)10-12-21(20)31/h10-13,16-17,25,31-32H,6-9,14-15H2,1-5H3/t25-/m1/s1. The van der Waals surface area contributed by atoms with Crippen molar-refractivity contribution in [2.45, 2.75) is 40.2 Å². The lowest BCUT2D eigenvalue weighted by atomic mass is 9.94. The number of ketones is 1. The maximum absolute atomic E-state index is 13.3. The maximum atomic E-state index is 13.3. The molecule has 0 saturated carbocycles. The molecule has 2 aromatic carbocycles. The van der Waals surface area contributed by atoms with Gasteiger partial charge in [-0.25, -0.2) is 0 Å². The van der Waals surface area contributed by atoms with Gasteiger partial charge in [0.1, 0.15) is 11.5 Å². The van der Waals surface area contributed by atoms with Gasteiger partial charge in [0.2, 0.25) is 0 Å². The van der Waals surface area contributed by atoms with Gasteiger partial charge in [-0.15, -0.1) is 0 Å². The zero-order valence-corrected chi connectivity index (χ0v) is 21.7. The molecule has 8 heteroatoms. The third kappa shape index (κ3) is 5.49. The van der Waals surface area contributed by atoms with Crippen molar-refractivity contribution in [3.8, 4) is 17.2 Å². The number of rotatable bonds is 11. The molecule has 8 nitrogen and oxygen atoms in total. The first-order valence-corrected chi connectivity index (χ1v) is 12.4. The fourth-order valence-corrected chi connectivity index (χ4v) is 4.58. The zero-order chi connectivity index (χ0) is 26.4. The summed E-state index contributed by atoms with van der Waals surface area (Å²) in [4.78, 5) is 30.3. The Morgan fingerprint density at radius 1 is 1.06 bits per heavy atom. The molecule has 3 rings (SSSR count). The highest BCUT2D eigenvalue weighted by molar-refractivity contribution is 6.46. The predicted octanol–water partition coefficient (Wildman–Crippen LogP) is 4.26. The summed E-state index contributed by atoms with van der Waals surface area (Å²) in [7, 11) is 1.52. The van der Waals surface area contributed by atoms with E-state index in [1.807, 2.05) is 13.8 Å². The Bertz CT molecular complexity index is 1140. The molecule has 0 spiro atoms. The van der Waals surface area contributed by atoms with Crippen LogP contribution >= 0.6 is 0 Å². The van der Waals surface area contributed by atoms with E-state index in [9.17, 15) is 19.8 Å². The Morgan fingerprint density at radius 3 is 2.42 bits per heavy atom. The van der Waals surface area contributed by atoms with Crippen LogP contribution in [0, 0.1) is 6.92 Å². The zero-order valence-electron chi connectivity index (χ0n) is 21.7. The quantitative estimate of drug-likeness (QED) is 0.272. The fraction of sp³-hybridized carbons (Fsp3) is 0.429. The van der Waals surface area contributed by atoms with Crippen molar-refractivity contribution in [1.82, 2.24) is 9.80 Å². The van der Waals surface area contributed by atoms with Crippen LogP contribution in [0.4, 0.5) is 0 Å². The van der Waals surface area contributed by atoms with Crippen molar-refractivity contribution < 1.29 is 29.3 Å². The van der Waals surface area contributed by atoms with Gasteiger partial charge >= 0.3 is 0 Å². The number of aryl methyl sites for hydroxylation is 1. The van der Waals surface area contributed by atoms with Crippen molar-refractivity contribution in [3.05, 3.63) is 58.7 Å². The number of ether oxygens (including phenoxy) is 2. The highest BCUT2D eigenvalue weighted by Gasteiger charge is 2.46. The van der Waals surface area contributed by atoms with Crippen molar-refractivity contribution in [1.29, 1.82) is 0 Å². The molecule has 1 fully saturated rings. The number of amides is 1. The van der Waals surface area contributed by atoms with Crippen LogP contribution in [-0.4, -0.2) is 71.6 Å². The van der Waals surface area contributed by atoms with E-state index in [4.69, 9.17) is 9.47 Å². The molecule has 0 aromatic heterocycles. The molecular weight excluding hydrogens is 460 g/mol. The number of phenolic OH excluding ortho intramolecular Hbond substituents is 1. The van der Waals surface area contributed by atoms with Crippen LogP contribution in [0.2, 0.25) is 0 Å². The lowest BCUT2D eigenvalue weighted by molar-refractivity contribution is -0.140. The molecule has 1 aliphatic rings. The third-order valence-electron chi connectivity index (χ3n) is 6.52. The number of carbonyl (C=O) groups is 2. The number of aliphatic hydroxyl groups excluding tert-OH is 1. The van der Waals surface area contributed by atoms with Gasteiger partial charge < -0.3 is 29.5 Å². The molecule has 0 aliphatic carbocycles. The smallest absolute Gasteiger partial charge is 0.295 e. The van der Waals surface area contributed by atoms with E-state index in [1.165, 1.54) is 18.1 Å². The van der Waals surface area contributed by atoms with Crippen molar-refractivity contribution in [2.24, 2.45) is 0 Å². The van der Waals surface area contributed by atoms with Crippen LogP contribution in [0.15, 0.2) is 42.0 Å². The predicted molar refractivity (Wildman–Crippen MR) is 138 cm³/mol. The summed E-state index contributed by atoms with van der Waals surface area (Å²) in [5.41, 5.74) is 1.45. The molecule has 1 aliphatic heterocycles. The molecule has 1 saturated heterocycles. The summed E-state index contributed by atoms with van der Waals surface area (Å²) < 4.78 is 11.1. The molecule has 1 heterocycles. The fourth-order valence-electron chi connectivity index (χ4n) is 4.58. The Labute approximate surface area is 212 Å². The second-order valence-electron chi connectivity index (χ2n) is 8.74. The van der Waals surface area contributed by atoms with Crippen molar-refractivity contribution in [2.75, 3.05) is 39.9 Å². The van der Waals surface area contributed by atoms with Crippen LogP contribution in [0.3, 0.4) is 0 Å². The highest BCUT2D eigenvalue weighted by Crippen LogP contribution is 2.43. The summed E-state index contributed by atoms with van der Waals surface area (Å²) in [6, 6.07) is 9.14. The number of hydrogen-bond donors (Lipinski definition) is 2. The van der Waals surface area contributed by atoms with E-state index in [2.05, 4.69) is 18.7 Å². The third-order valence-corrected chi connectivity index (χ3v) is 6.52. The number of carbonyl (C=O) groups excluding carboxylic acids is 2. The van der Waals surface area contributed by atoms with E-state index < -0.39 is 23.5 Å². The normalized spacial score (nSPS) is 17.2. The SMILES string of the molecule is CCOc1ccc([C@@H]2C(=C(O)c3cc(C)ccc3O)C(=O)C(=O)N2CCCN(CC)CC)cc1OC. The molecule has 1 amide bonds. The van der Waals surface area contributed by atoms with Crippen molar-refractivity contribution in [3.63, 3.8) is 0 Å². The van der Waals surface area contributed by atoms with E-state index >= 15 is 0 Å². The minimum atomic E-state index is -0.841.